The molecule has 0 fully saturated rings. The third-order valence-electron chi connectivity index (χ3n) is 11.3. The molecule has 16 nitrogen and oxygen atoms in total. The molecule has 8 N–H and O–H groups in total. The van der Waals surface area contributed by atoms with Crippen LogP contribution in [0.3, 0.4) is 0 Å². The number of carboxylic acids is 2. The number of nitrogens with two attached hydrogens (primary N) is 1. The maximum absolute atomic E-state index is 14.2. The van der Waals surface area contributed by atoms with E-state index in [9.17, 15) is 43.3 Å². The smallest absolute Gasteiger partial charge is 0.354 e. The van der Waals surface area contributed by atoms with Crippen LogP contribution in [0, 0.1) is 22.5 Å². The fourth-order valence-corrected chi connectivity index (χ4v) is 7.56. The zero-order valence-corrected chi connectivity index (χ0v) is 41.2. The largest absolute Gasteiger partial charge is 0.499 e. The molecule has 1 amide bonds. The van der Waals surface area contributed by atoms with Gasteiger partial charge in [0.1, 0.15) is 28.8 Å². The molecule has 0 radical (unpaired) electrons. The number of methoxy groups -OCH3 is 2. The first-order valence-corrected chi connectivity index (χ1v) is 22.8. The number of esters is 1. The number of aliphatic carboxylic acids is 1. The number of hydrogen-bond donors (Lipinski definition) is 7. The number of rotatable bonds is 20. The van der Waals surface area contributed by atoms with Crippen LogP contribution in [0.25, 0.3) is 22.3 Å². The monoisotopic (exact) mass is 1020 g/mol. The molecule has 71 heavy (non-hydrogen) atoms. The van der Waals surface area contributed by atoms with Gasteiger partial charge in [0.05, 0.1) is 51.4 Å². The minimum Gasteiger partial charge on any atom is -0.499 e. The van der Waals surface area contributed by atoms with E-state index in [0.29, 0.717) is 51.8 Å². The summed E-state index contributed by atoms with van der Waals surface area (Å²) >= 11 is 11.9. The Morgan fingerprint density at radius 1 is 0.789 bits per heavy atom. The Labute approximate surface area is 419 Å². The minimum atomic E-state index is -1.45. The second-order valence-corrected chi connectivity index (χ2v) is 17.9. The number of benzene rings is 4. The maximum atomic E-state index is 14.2. The average molecular weight is 1020 g/mol. The first kappa shape index (κ1) is 56.9. The van der Waals surface area contributed by atoms with Gasteiger partial charge in [-0.15, -0.1) is 5.10 Å². The van der Waals surface area contributed by atoms with E-state index in [2.05, 4.69) is 25.2 Å². The summed E-state index contributed by atoms with van der Waals surface area (Å²) in [6.45, 7) is 4.40. The van der Waals surface area contributed by atoms with E-state index in [1.165, 1.54) is 57.6 Å². The van der Waals surface area contributed by atoms with Gasteiger partial charge < -0.3 is 45.7 Å². The van der Waals surface area contributed by atoms with Gasteiger partial charge in [-0.2, -0.15) is 0 Å². The third-order valence-corrected chi connectivity index (χ3v) is 11.8. The van der Waals surface area contributed by atoms with Crippen molar-refractivity contribution >= 4 is 52.7 Å². The zero-order chi connectivity index (χ0) is 52.5. The number of aliphatic hydroxyl groups is 2. The molecule has 2 heterocycles. The van der Waals surface area contributed by atoms with E-state index >= 15 is 0 Å². The number of aromatic amines is 1. The molecular formula is C51H57Cl2F2N5O11. The van der Waals surface area contributed by atoms with E-state index in [-0.39, 0.29) is 55.3 Å². The summed E-state index contributed by atoms with van der Waals surface area (Å²) in [4.78, 5) is 50.9. The normalized spacial score (nSPS) is 14.3. The van der Waals surface area contributed by atoms with Crippen molar-refractivity contribution in [2.24, 2.45) is 21.6 Å². The number of amides is 1. The summed E-state index contributed by atoms with van der Waals surface area (Å²) in [5.41, 5.74) is 7.84. The Hall–Kier alpha value is -6.70. The van der Waals surface area contributed by atoms with Crippen molar-refractivity contribution in [3.63, 3.8) is 0 Å². The Kier molecular flexibility index (Phi) is 21.2. The van der Waals surface area contributed by atoms with E-state index in [1.54, 1.807) is 50.2 Å². The van der Waals surface area contributed by atoms with Crippen LogP contribution < -0.4 is 15.8 Å². The van der Waals surface area contributed by atoms with Crippen LogP contribution >= 0.6 is 23.2 Å². The van der Waals surface area contributed by atoms with Crippen molar-refractivity contribution < 1.29 is 62.6 Å². The lowest BCUT2D eigenvalue weighted by molar-refractivity contribution is -0.157. The van der Waals surface area contributed by atoms with Crippen molar-refractivity contribution in [1.82, 2.24) is 15.5 Å². The molecule has 5 aromatic rings. The molecule has 6 rings (SSSR count). The number of carbonyl (C=O) groups is 4. The second-order valence-electron chi connectivity index (χ2n) is 17.0. The van der Waals surface area contributed by atoms with Gasteiger partial charge in [0, 0.05) is 45.4 Å². The van der Waals surface area contributed by atoms with Crippen LogP contribution in [0.2, 0.25) is 10.0 Å². The highest BCUT2D eigenvalue weighted by molar-refractivity contribution is 6.44. The number of aliphatic imine (C=N–C) groups is 1. The van der Waals surface area contributed by atoms with Crippen LogP contribution in [0.5, 0.6) is 5.88 Å². The van der Waals surface area contributed by atoms with Crippen molar-refractivity contribution in [3.05, 3.63) is 141 Å². The van der Waals surface area contributed by atoms with Crippen molar-refractivity contribution in [2.75, 3.05) is 40.6 Å². The Morgan fingerprint density at radius 2 is 1.32 bits per heavy atom. The highest BCUT2D eigenvalue weighted by Gasteiger charge is 2.37. The van der Waals surface area contributed by atoms with Crippen LogP contribution in [-0.4, -0.2) is 113 Å². The van der Waals surface area contributed by atoms with Gasteiger partial charge in [-0.05, 0) is 105 Å². The van der Waals surface area contributed by atoms with Gasteiger partial charge in [-0.25, -0.2) is 13.6 Å². The number of nitrogens with one attached hydrogen (secondary N) is 2. The summed E-state index contributed by atoms with van der Waals surface area (Å²) < 4.78 is 43.0. The average Bonchev–Trinajstić information content (AvgIpc) is 4.05. The van der Waals surface area contributed by atoms with Gasteiger partial charge in [0.2, 0.25) is 5.88 Å². The van der Waals surface area contributed by atoms with Gasteiger partial charge in [-0.1, -0.05) is 71.7 Å². The summed E-state index contributed by atoms with van der Waals surface area (Å²) in [6, 6.07) is 23.5. The minimum absolute atomic E-state index is 0.0105. The fraction of sp³-hybridized carbons (Fsp3) is 0.333. The molecule has 1 aliphatic rings. The first-order valence-electron chi connectivity index (χ1n) is 22.1. The Balaban J connectivity index is 0.000000262. The molecule has 1 aliphatic heterocycles. The standard InChI is InChI=1S/C25H26ClFN2O5.C21H25ClFNO3.C5H6N2O3/c1-25(14-30,24(32)33)12-18(29-23(31)22-11-19(34-2)13-28-22)9-15-3-5-16(6-4-15)20-10-17(26)7-8-21(20)27;1-3-27-20(26)21(2,13-25)12-17(24)10-14-4-6-15(7-5-14)18-11-16(22)8-9-19(18)23;1-10-4-2-3(5(8)9)6-7-4/h3-8,10-11,18,30H,9,12-14H2,1-2H3,(H,29,31)(H,32,33);4-9,11,17,25H,3,10,12-13,24H2,1-2H3;2H,1H3,(H,6,7)(H,8,9)/t18-,25+;17-,21+;/m11./s1. The van der Waals surface area contributed by atoms with E-state index in [1.807, 2.05) is 24.3 Å². The number of aliphatic hydroxyl groups excluding tert-OH is 2. The number of halogens is 4. The zero-order valence-electron chi connectivity index (χ0n) is 39.7. The summed E-state index contributed by atoms with van der Waals surface area (Å²) in [5.74, 6) is -3.03. The second kappa shape index (κ2) is 26.5. The number of ether oxygens (including phenoxy) is 3. The number of H-pyrrole nitrogens is 1. The molecule has 0 spiro atoms. The van der Waals surface area contributed by atoms with Gasteiger partial charge in [-0.3, -0.25) is 24.5 Å². The summed E-state index contributed by atoms with van der Waals surface area (Å²) in [6.07, 6.45) is 2.63. The topological polar surface area (TPSA) is 256 Å². The molecule has 20 heteroatoms. The highest BCUT2D eigenvalue weighted by Crippen LogP contribution is 2.30. The molecule has 0 aliphatic carbocycles. The van der Waals surface area contributed by atoms with E-state index in [0.717, 1.165) is 16.7 Å². The predicted molar refractivity (Wildman–Crippen MR) is 264 cm³/mol. The number of aromatic carboxylic acids is 1. The molecule has 1 aromatic heterocycles. The lowest BCUT2D eigenvalue weighted by Crippen LogP contribution is -2.45. The van der Waals surface area contributed by atoms with E-state index in [4.69, 9.17) is 43.5 Å². The fourth-order valence-electron chi connectivity index (χ4n) is 7.22. The molecule has 0 saturated carbocycles. The number of nitrogens with zero attached hydrogens (tertiary/aromatic N) is 2. The maximum Gasteiger partial charge on any atom is 0.354 e. The Morgan fingerprint density at radius 3 is 1.75 bits per heavy atom. The molecule has 4 aromatic carbocycles. The number of hydrogen-bond acceptors (Lipinski definition) is 12. The van der Waals surface area contributed by atoms with Gasteiger partial charge in [0.15, 0.2) is 0 Å². The van der Waals surface area contributed by atoms with E-state index < -0.39 is 53.1 Å². The number of aromatic nitrogens is 2. The lowest BCUT2D eigenvalue weighted by Gasteiger charge is -2.28. The molecular weight excluding hydrogens is 967 g/mol. The molecule has 0 saturated heterocycles. The summed E-state index contributed by atoms with van der Waals surface area (Å²) in [7, 11) is 2.91. The molecule has 0 bridgehead atoms. The van der Waals surface area contributed by atoms with Crippen LogP contribution in [0.15, 0.2) is 108 Å². The third kappa shape index (κ3) is 16.4. The molecule has 0 unspecified atom stereocenters. The van der Waals surface area contributed by atoms with Crippen molar-refractivity contribution in [2.45, 2.75) is 58.5 Å². The predicted octanol–water partition coefficient (Wildman–Crippen LogP) is 7.72. The van der Waals surface area contributed by atoms with Crippen LogP contribution in [0.4, 0.5) is 8.78 Å². The van der Waals surface area contributed by atoms with Crippen molar-refractivity contribution in [1.29, 1.82) is 0 Å². The van der Waals surface area contributed by atoms with Gasteiger partial charge in [0.25, 0.3) is 5.91 Å². The van der Waals surface area contributed by atoms with Crippen LogP contribution in [0.1, 0.15) is 55.2 Å². The quantitative estimate of drug-likeness (QED) is 0.0369. The SMILES string of the molecule is CCOC(=O)[C@](C)(CO)C[C@H](N)Cc1ccc(-c2cc(Cl)ccc2F)cc1.COC1=CC(C(=O)N[C@H](Cc2ccc(-c3cc(Cl)ccc3F)cc2)C[C@@](C)(CO)C(=O)O)=NC1.COc1cc(C(=O)O)[nH]n1. The number of carbonyl (C=O) groups excluding carboxylic acids is 2. The number of carboxylic acid groups (broad SMARTS) is 2. The summed E-state index contributed by atoms with van der Waals surface area (Å²) in [5, 5.41) is 46.8. The van der Waals surface area contributed by atoms with Gasteiger partial charge >= 0.3 is 17.9 Å². The lowest BCUT2D eigenvalue weighted by atomic mass is 9.82. The van der Waals surface area contributed by atoms with Crippen molar-refractivity contribution in [3.8, 4) is 28.1 Å². The first-order chi connectivity index (χ1) is 33.7. The molecule has 4 atom stereocenters. The molecule has 380 valence electrons. The van der Waals surface area contributed by atoms with Crippen LogP contribution in [-0.2, 0) is 36.7 Å². The highest BCUT2D eigenvalue weighted by atomic mass is 35.5. The Bertz CT molecular complexity index is 2680.